The molecule has 2 N–H and O–H groups in total. The number of thiazole rings is 1. The predicted octanol–water partition coefficient (Wildman–Crippen LogP) is 7.18. The topological polar surface area (TPSA) is 71.5 Å². The van der Waals surface area contributed by atoms with Crippen molar-refractivity contribution in [2.24, 2.45) is 0 Å². The van der Waals surface area contributed by atoms with E-state index in [9.17, 15) is 40.6 Å². The summed E-state index contributed by atoms with van der Waals surface area (Å²) in [5.41, 5.74) is -5.06. The molecule has 1 amide bonds. The number of carbonyl (C=O) groups excluding carboxylic acids is 1. The lowest BCUT2D eigenvalue weighted by Gasteiger charge is -2.17. The lowest BCUT2D eigenvalue weighted by molar-refractivity contribution is -0.153. The molecule has 3 rings (SSSR count). The summed E-state index contributed by atoms with van der Waals surface area (Å²) in [6.07, 6.45) is -9.90. The van der Waals surface area contributed by atoms with Crippen LogP contribution in [0.5, 0.6) is 5.75 Å². The highest BCUT2D eigenvalue weighted by Gasteiger charge is 2.41. The first-order chi connectivity index (χ1) is 16.9. The van der Waals surface area contributed by atoms with Gasteiger partial charge in [0.25, 0.3) is 5.91 Å². The van der Waals surface area contributed by atoms with Gasteiger partial charge >= 0.3 is 12.4 Å². The molecule has 1 heterocycles. The maximum Gasteiger partial charge on any atom is 0.427 e. The van der Waals surface area contributed by atoms with Gasteiger partial charge in [-0.05, 0) is 38.1 Å². The first-order valence-electron chi connectivity index (χ1n) is 9.98. The molecule has 0 aliphatic carbocycles. The van der Waals surface area contributed by atoms with Crippen molar-refractivity contribution in [3.63, 3.8) is 0 Å². The number of alkyl halides is 6. The van der Waals surface area contributed by atoms with Crippen LogP contribution < -0.4 is 10.1 Å². The van der Waals surface area contributed by atoms with Crippen LogP contribution in [0.1, 0.15) is 34.8 Å². The molecule has 0 saturated carbocycles. The summed E-state index contributed by atoms with van der Waals surface area (Å²) in [4.78, 5) is 15.0. The highest BCUT2D eigenvalue weighted by molar-refractivity contribution is 7.15. The minimum Gasteiger partial charge on any atom is -0.483 e. The zero-order valence-corrected chi connectivity index (χ0v) is 20.2. The van der Waals surface area contributed by atoms with Crippen molar-refractivity contribution in [3.05, 3.63) is 63.1 Å². The Labute approximate surface area is 212 Å². The van der Waals surface area contributed by atoms with Crippen LogP contribution in [0.25, 0.3) is 10.6 Å². The number of nitrogens with zero attached hydrogens (tertiary/aromatic N) is 1. The van der Waals surface area contributed by atoms with Crippen LogP contribution in [0.2, 0.25) is 5.02 Å². The molecule has 3 aromatic rings. The number of carbonyl (C=O) groups is 1. The van der Waals surface area contributed by atoms with Crippen molar-refractivity contribution in [1.29, 1.82) is 0 Å². The molecule has 37 heavy (non-hydrogen) atoms. The number of ether oxygens (including phenoxy) is 1. The number of nitrogens with one attached hydrogen (secondary N) is 1. The summed E-state index contributed by atoms with van der Waals surface area (Å²) in [6, 6.07) is 4.31. The molecule has 200 valence electrons. The van der Waals surface area contributed by atoms with Gasteiger partial charge in [0, 0.05) is 5.56 Å². The van der Waals surface area contributed by atoms with Crippen molar-refractivity contribution in [2.45, 2.75) is 31.8 Å². The van der Waals surface area contributed by atoms with Crippen LogP contribution in [-0.4, -0.2) is 28.8 Å². The van der Waals surface area contributed by atoms with E-state index in [4.69, 9.17) is 11.6 Å². The summed E-state index contributed by atoms with van der Waals surface area (Å²) < 4.78 is 113. The Balaban J connectivity index is 2.14. The number of rotatable bonds is 6. The molecular weight excluding hydrogens is 560 g/mol. The zero-order chi connectivity index (χ0) is 27.9. The summed E-state index contributed by atoms with van der Waals surface area (Å²) >= 11 is 5.75. The number of anilines is 1. The summed E-state index contributed by atoms with van der Waals surface area (Å²) in [5, 5.41) is 11.2. The predicted molar refractivity (Wildman–Crippen MR) is 119 cm³/mol. The molecule has 0 bridgehead atoms. The number of halogens is 9. The summed E-state index contributed by atoms with van der Waals surface area (Å²) in [5.74, 6) is -4.56. The second-order valence-electron chi connectivity index (χ2n) is 8.04. The van der Waals surface area contributed by atoms with Crippen molar-refractivity contribution in [3.8, 4) is 16.3 Å². The molecule has 0 radical (unpaired) electrons. The Kier molecular flexibility index (Phi) is 7.78. The van der Waals surface area contributed by atoms with Gasteiger partial charge in [0.1, 0.15) is 32.9 Å². The van der Waals surface area contributed by atoms with E-state index in [1.165, 1.54) is 12.1 Å². The van der Waals surface area contributed by atoms with Crippen LogP contribution in [0.4, 0.5) is 40.8 Å². The molecule has 0 spiro atoms. The maximum atomic E-state index is 15.0. The number of amides is 1. The number of para-hydroxylation sites is 1. The van der Waals surface area contributed by atoms with E-state index >= 15 is 4.39 Å². The fourth-order valence-electron chi connectivity index (χ4n) is 3.01. The van der Waals surface area contributed by atoms with E-state index in [1.807, 2.05) is 5.32 Å². The smallest absolute Gasteiger partial charge is 0.427 e. The number of aromatic nitrogens is 1. The quantitative estimate of drug-likeness (QED) is 0.306. The Morgan fingerprint density at radius 2 is 1.76 bits per heavy atom. The summed E-state index contributed by atoms with van der Waals surface area (Å²) in [6.45, 7) is 0.0760. The van der Waals surface area contributed by atoms with E-state index in [1.54, 1.807) is 0 Å². The second-order valence-corrected chi connectivity index (χ2v) is 9.44. The molecule has 0 fully saturated rings. The highest BCUT2D eigenvalue weighted by Crippen LogP contribution is 2.44. The van der Waals surface area contributed by atoms with E-state index < -0.39 is 80.2 Å². The zero-order valence-electron chi connectivity index (χ0n) is 18.6. The number of aliphatic hydroxyl groups is 1. The third-order valence-electron chi connectivity index (χ3n) is 4.60. The lowest BCUT2D eigenvalue weighted by Crippen LogP contribution is -2.22. The molecule has 15 heteroatoms. The molecule has 5 nitrogen and oxygen atoms in total. The molecule has 1 aromatic heterocycles. The van der Waals surface area contributed by atoms with Crippen LogP contribution >= 0.6 is 22.9 Å². The minimum atomic E-state index is -4.99. The Morgan fingerprint density at radius 1 is 1.11 bits per heavy atom. The van der Waals surface area contributed by atoms with Gasteiger partial charge in [0.05, 0.1) is 22.0 Å². The molecule has 2 aromatic carbocycles. The standard InChI is InChI=1S/C22H15ClF8N2O3S/c1-20(2,35)16-17(22(29,30)31)37-19(33-16)9-7-14(36-8-21(26,27)28)10(6-13(9)25)18(34)32-15-11(23)4-3-5-12(15)24/h3-7,35H,8H2,1-2H3,(H,32,34). The van der Waals surface area contributed by atoms with Gasteiger partial charge in [-0.1, -0.05) is 17.7 Å². The van der Waals surface area contributed by atoms with Crippen LogP contribution in [0, 0.1) is 11.6 Å². The molecule has 0 aliphatic heterocycles. The highest BCUT2D eigenvalue weighted by atomic mass is 35.5. The van der Waals surface area contributed by atoms with Crippen molar-refractivity contribution >= 4 is 34.5 Å². The Hall–Kier alpha value is -2.97. The average Bonchev–Trinajstić information content (AvgIpc) is 3.21. The minimum absolute atomic E-state index is 0.0678. The maximum absolute atomic E-state index is 15.0. The van der Waals surface area contributed by atoms with Gasteiger partial charge in [-0.15, -0.1) is 11.3 Å². The number of hydrogen-bond acceptors (Lipinski definition) is 5. The normalized spacial score (nSPS) is 12.5. The first-order valence-corrected chi connectivity index (χ1v) is 11.2. The van der Waals surface area contributed by atoms with Gasteiger partial charge in [0.15, 0.2) is 6.61 Å². The van der Waals surface area contributed by atoms with Crippen molar-refractivity contribution in [1.82, 2.24) is 4.98 Å². The SMILES string of the molecule is CC(C)(O)c1nc(-c2cc(OCC(F)(F)F)c(C(=O)Nc3c(F)cccc3Cl)cc2F)sc1C(F)(F)F. The molecule has 0 aliphatic rings. The molecule has 0 saturated heterocycles. The third kappa shape index (κ3) is 6.67. The molecule has 0 unspecified atom stereocenters. The fourth-order valence-corrected chi connectivity index (χ4v) is 4.33. The van der Waals surface area contributed by atoms with E-state index in [0.717, 1.165) is 19.9 Å². The Morgan fingerprint density at radius 3 is 2.27 bits per heavy atom. The van der Waals surface area contributed by atoms with Crippen LogP contribution in [-0.2, 0) is 11.8 Å². The second kappa shape index (κ2) is 10.1. The number of hydrogen-bond donors (Lipinski definition) is 2. The average molecular weight is 575 g/mol. The van der Waals surface area contributed by atoms with E-state index in [0.29, 0.717) is 12.1 Å². The molecular formula is C22H15ClF8N2O3S. The largest absolute Gasteiger partial charge is 0.483 e. The van der Waals surface area contributed by atoms with Crippen LogP contribution in [0.3, 0.4) is 0 Å². The van der Waals surface area contributed by atoms with Gasteiger partial charge in [-0.3, -0.25) is 4.79 Å². The Bertz CT molecular complexity index is 1280. The first kappa shape index (κ1) is 28.6. The number of benzene rings is 2. The van der Waals surface area contributed by atoms with Crippen molar-refractivity contribution in [2.75, 3.05) is 11.9 Å². The lowest BCUT2D eigenvalue weighted by atomic mass is 10.0. The third-order valence-corrected chi connectivity index (χ3v) is 6.05. The summed E-state index contributed by atoms with van der Waals surface area (Å²) in [7, 11) is 0. The van der Waals surface area contributed by atoms with Crippen molar-refractivity contribution < 1.29 is 49.8 Å². The monoisotopic (exact) mass is 574 g/mol. The van der Waals surface area contributed by atoms with Gasteiger partial charge in [0.2, 0.25) is 0 Å². The molecule has 0 atom stereocenters. The van der Waals surface area contributed by atoms with E-state index in [-0.39, 0.29) is 16.4 Å². The van der Waals surface area contributed by atoms with E-state index in [2.05, 4.69) is 9.72 Å². The fraction of sp³-hybridized carbons (Fsp3) is 0.273. The van der Waals surface area contributed by atoms with Crippen LogP contribution in [0.15, 0.2) is 30.3 Å². The van der Waals surface area contributed by atoms with Gasteiger partial charge in [-0.2, -0.15) is 26.3 Å². The van der Waals surface area contributed by atoms with Gasteiger partial charge < -0.3 is 15.2 Å². The van der Waals surface area contributed by atoms with Gasteiger partial charge in [-0.25, -0.2) is 13.8 Å².